The third-order valence-corrected chi connectivity index (χ3v) is 3.78. The van der Waals surface area contributed by atoms with Gasteiger partial charge < -0.3 is 14.3 Å². The molecule has 3 rings (SSSR count). The molecule has 0 unspecified atom stereocenters. The fourth-order valence-electron chi connectivity index (χ4n) is 2.41. The molecule has 0 fully saturated rings. The van der Waals surface area contributed by atoms with Crippen LogP contribution < -0.4 is 10.4 Å². The largest absolute Gasteiger partial charge is 0.504 e. The molecule has 7 nitrogen and oxygen atoms in total. The minimum Gasteiger partial charge on any atom is -0.504 e. The molecule has 132 valence electrons. The van der Waals surface area contributed by atoms with Gasteiger partial charge in [-0.3, -0.25) is 10.1 Å². The van der Waals surface area contributed by atoms with E-state index in [1.54, 1.807) is 12.1 Å². The van der Waals surface area contributed by atoms with Gasteiger partial charge in [-0.15, -0.1) is 0 Å². The van der Waals surface area contributed by atoms with Crippen molar-refractivity contribution in [2.75, 3.05) is 0 Å². The third-order valence-electron chi connectivity index (χ3n) is 3.78. The van der Waals surface area contributed by atoms with E-state index in [0.717, 1.165) is 11.8 Å². The number of nitro benzene ring substituents is 1. The van der Waals surface area contributed by atoms with Gasteiger partial charge in [0.1, 0.15) is 12.9 Å². The molecule has 0 atom stereocenters. The standard InChI is InChI=1S/C19H15NO6/c21-17-15(10-13-6-8-16(9-7-13)20(23)24)12-26-19(22)18(17)25-11-14-4-2-1-3-5-14/h1-9,12,21H,10-11H2. The van der Waals surface area contributed by atoms with Gasteiger partial charge in [0, 0.05) is 24.1 Å². The molecule has 0 aliphatic heterocycles. The predicted octanol–water partition coefficient (Wildman–Crippen LogP) is 3.42. The van der Waals surface area contributed by atoms with E-state index >= 15 is 0 Å². The summed E-state index contributed by atoms with van der Waals surface area (Å²) < 4.78 is 10.4. The number of benzene rings is 2. The maximum absolute atomic E-state index is 11.9. The molecule has 3 aromatic rings. The monoisotopic (exact) mass is 353 g/mol. The van der Waals surface area contributed by atoms with E-state index in [4.69, 9.17) is 9.15 Å². The molecule has 0 radical (unpaired) electrons. The van der Waals surface area contributed by atoms with E-state index in [9.17, 15) is 20.0 Å². The van der Waals surface area contributed by atoms with Gasteiger partial charge in [-0.05, 0) is 11.1 Å². The first-order chi connectivity index (χ1) is 12.5. The first-order valence-corrected chi connectivity index (χ1v) is 7.78. The van der Waals surface area contributed by atoms with Gasteiger partial charge in [0.2, 0.25) is 5.75 Å². The average Bonchev–Trinajstić information content (AvgIpc) is 2.65. The maximum Gasteiger partial charge on any atom is 0.382 e. The number of hydrogen-bond acceptors (Lipinski definition) is 6. The van der Waals surface area contributed by atoms with Crippen molar-refractivity contribution in [3.8, 4) is 11.5 Å². The van der Waals surface area contributed by atoms with Gasteiger partial charge in [-0.2, -0.15) is 0 Å². The minimum absolute atomic E-state index is 0.0237. The van der Waals surface area contributed by atoms with Crippen LogP contribution in [-0.2, 0) is 13.0 Å². The van der Waals surface area contributed by atoms with E-state index in [1.165, 1.54) is 12.1 Å². The zero-order valence-corrected chi connectivity index (χ0v) is 13.6. The summed E-state index contributed by atoms with van der Waals surface area (Å²) in [5.74, 6) is -0.552. The molecular weight excluding hydrogens is 338 g/mol. The summed E-state index contributed by atoms with van der Waals surface area (Å²) >= 11 is 0. The number of ether oxygens (including phenoxy) is 1. The average molecular weight is 353 g/mol. The second-order valence-corrected chi connectivity index (χ2v) is 5.60. The van der Waals surface area contributed by atoms with Crippen LogP contribution in [-0.4, -0.2) is 10.0 Å². The number of non-ortho nitro benzene ring substituents is 1. The normalized spacial score (nSPS) is 10.5. The number of hydrogen-bond donors (Lipinski definition) is 1. The number of nitro groups is 1. The van der Waals surface area contributed by atoms with E-state index in [-0.39, 0.29) is 30.2 Å². The molecule has 0 aliphatic rings. The Hall–Kier alpha value is -3.61. The Morgan fingerprint density at radius 3 is 2.38 bits per heavy atom. The van der Waals surface area contributed by atoms with Crippen LogP contribution in [0.1, 0.15) is 16.7 Å². The van der Waals surface area contributed by atoms with Gasteiger partial charge in [0.25, 0.3) is 5.69 Å². The van der Waals surface area contributed by atoms with Crippen LogP contribution in [0.25, 0.3) is 0 Å². The summed E-state index contributed by atoms with van der Waals surface area (Å²) in [4.78, 5) is 22.1. The van der Waals surface area contributed by atoms with Crippen molar-refractivity contribution in [1.29, 1.82) is 0 Å². The Labute approximate surface area is 148 Å². The van der Waals surface area contributed by atoms with Crippen molar-refractivity contribution in [2.24, 2.45) is 0 Å². The SMILES string of the molecule is O=c1occ(Cc2ccc([N+](=O)[O-])cc2)c(O)c1OCc1ccccc1. The molecule has 1 heterocycles. The minimum atomic E-state index is -0.772. The Balaban J connectivity index is 1.80. The lowest BCUT2D eigenvalue weighted by Crippen LogP contribution is -2.08. The number of rotatable bonds is 6. The molecule has 1 N–H and O–H groups in total. The second kappa shape index (κ2) is 7.52. The molecule has 1 aromatic heterocycles. The molecule has 0 saturated carbocycles. The fraction of sp³-hybridized carbons (Fsp3) is 0.105. The van der Waals surface area contributed by atoms with E-state index < -0.39 is 10.5 Å². The van der Waals surface area contributed by atoms with Crippen molar-refractivity contribution in [3.05, 3.63) is 98.1 Å². The van der Waals surface area contributed by atoms with Crippen LogP contribution in [0.5, 0.6) is 11.5 Å². The van der Waals surface area contributed by atoms with Crippen molar-refractivity contribution >= 4 is 5.69 Å². The zero-order chi connectivity index (χ0) is 18.5. The van der Waals surface area contributed by atoms with E-state index in [0.29, 0.717) is 11.1 Å². The summed E-state index contributed by atoms with van der Waals surface area (Å²) in [6.07, 6.45) is 1.39. The van der Waals surface area contributed by atoms with E-state index in [2.05, 4.69) is 0 Å². The number of aromatic hydroxyl groups is 1. The summed E-state index contributed by atoms with van der Waals surface area (Å²) in [7, 11) is 0. The highest BCUT2D eigenvalue weighted by atomic mass is 16.6. The second-order valence-electron chi connectivity index (χ2n) is 5.60. The van der Waals surface area contributed by atoms with Gasteiger partial charge >= 0.3 is 5.63 Å². The Morgan fingerprint density at radius 1 is 1.04 bits per heavy atom. The Bertz CT molecular complexity index is 964. The van der Waals surface area contributed by atoms with Crippen LogP contribution in [0.3, 0.4) is 0 Å². The van der Waals surface area contributed by atoms with Crippen molar-refractivity contribution < 1.29 is 19.2 Å². The summed E-state index contributed by atoms with van der Waals surface area (Å²) in [6, 6.07) is 15.1. The highest BCUT2D eigenvalue weighted by Crippen LogP contribution is 2.29. The first kappa shape index (κ1) is 17.2. The topological polar surface area (TPSA) is 103 Å². The van der Waals surface area contributed by atoms with Gasteiger partial charge in [0.15, 0.2) is 5.75 Å². The Morgan fingerprint density at radius 2 is 1.73 bits per heavy atom. The van der Waals surface area contributed by atoms with Crippen LogP contribution in [0.4, 0.5) is 5.69 Å². The summed E-state index contributed by atoms with van der Waals surface area (Å²) in [5, 5.41) is 21.1. The molecular formula is C19H15NO6. The Kier molecular flexibility index (Phi) is 4.98. The van der Waals surface area contributed by atoms with Crippen LogP contribution >= 0.6 is 0 Å². The first-order valence-electron chi connectivity index (χ1n) is 7.78. The van der Waals surface area contributed by atoms with Gasteiger partial charge in [0.05, 0.1) is 4.92 Å². The van der Waals surface area contributed by atoms with Crippen molar-refractivity contribution in [1.82, 2.24) is 0 Å². The molecule has 2 aromatic carbocycles. The van der Waals surface area contributed by atoms with Gasteiger partial charge in [-0.1, -0.05) is 42.5 Å². The lowest BCUT2D eigenvalue weighted by molar-refractivity contribution is -0.384. The molecule has 0 saturated heterocycles. The van der Waals surface area contributed by atoms with Gasteiger partial charge in [-0.25, -0.2) is 4.79 Å². The van der Waals surface area contributed by atoms with Crippen LogP contribution in [0, 0.1) is 10.1 Å². The summed E-state index contributed by atoms with van der Waals surface area (Å²) in [6.45, 7) is 0.111. The highest BCUT2D eigenvalue weighted by molar-refractivity contribution is 5.44. The zero-order valence-electron chi connectivity index (χ0n) is 13.6. The molecule has 26 heavy (non-hydrogen) atoms. The predicted molar refractivity (Wildman–Crippen MR) is 93.3 cm³/mol. The third kappa shape index (κ3) is 3.89. The van der Waals surface area contributed by atoms with Crippen molar-refractivity contribution in [2.45, 2.75) is 13.0 Å². The molecule has 0 aliphatic carbocycles. The smallest absolute Gasteiger partial charge is 0.382 e. The van der Waals surface area contributed by atoms with Crippen LogP contribution in [0.2, 0.25) is 0 Å². The fourth-order valence-corrected chi connectivity index (χ4v) is 2.41. The van der Waals surface area contributed by atoms with E-state index in [1.807, 2.05) is 30.3 Å². The number of nitrogens with zero attached hydrogens (tertiary/aromatic N) is 1. The lowest BCUT2D eigenvalue weighted by Gasteiger charge is -2.10. The molecule has 0 amide bonds. The van der Waals surface area contributed by atoms with Crippen molar-refractivity contribution in [3.63, 3.8) is 0 Å². The molecule has 0 bridgehead atoms. The molecule has 7 heteroatoms. The quantitative estimate of drug-likeness (QED) is 0.538. The summed E-state index contributed by atoms with van der Waals surface area (Å²) in [5.41, 5.74) is 1.11. The molecule has 0 spiro atoms. The maximum atomic E-state index is 11.9. The highest BCUT2D eigenvalue weighted by Gasteiger charge is 2.16. The lowest BCUT2D eigenvalue weighted by atomic mass is 10.1. The van der Waals surface area contributed by atoms with Crippen LogP contribution in [0.15, 0.2) is 70.1 Å².